The number of hydrazone groups is 1. The molecular formula is C21H17ClN4O4S. The number of aryl methyl sites for hydroxylation is 1. The van der Waals surface area contributed by atoms with Crippen LogP contribution in [-0.2, 0) is 16.4 Å². The minimum atomic E-state index is -4.20. The highest BCUT2D eigenvalue weighted by atomic mass is 35.5. The zero-order valence-electron chi connectivity index (χ0n) is 16.1. The van der Waals surface area contributed by atoms with Gasteiger partial charge in [0.2, 0.25) is 0 Å². The third-order valence-corrected chi connectivity index (χ3v) is 6.59. The van der Waals surface area contributed by atoms with E-state index in [1.54, 1.807) is 12.1 Å². The first kappa shape index (κ1) is 20.8. The lowest BCUT2D eigenvalue weighted by Gasteiger charge is -2.13. The van der Waals surface area contributed by atoms with Crippen molar-refractivity contribution in [1.82, 2.24) is 0 Å². The number of halogens is 1. The van der Waals surface area contributed by atoms with E-state index in [-0.39, 0.29) is 27.0 Å². The van der Waals surface area contributed by atoms with Crippen molar-refractivity contribution < 1.29 is 13.3 Å². The maximum Gasteiger partial charge on any atom is 0.270 e. The van der Waals surface area contributed by atoms with Crippen molar-refractivity contribution in [2.24, 2.45) is 5.10 Å². The predicted octanol–water partition coefficient (Wildman–Crippen LogP) is 4.81. The first-order valence-electron chi connectivity index (χ1n) is 9.32. The number of hydrogen-bond acceptors (Lipinski definition) is 6. The molecule has 31 heavy (non-hydrogen) atoms. The van der Waals surface area contributed by atoms with Gasteiger partial charge in [-0.25, -0.2) is 8.42 Å². The van der Waals surface area contributed by atoms with E-state index >= 15 is 0 Å². The number of benzene rings is 3. The van der Waals surface area contributed by atoms with E-state index in [4.69, 9.17) is 11.6 Å². The SMILES string of the molecule is O=[N+]([O-])c1ccc(N/N=C2\CCc3ccccc32)c(S(=O)(=O)Nc2ccccc2Cl)c1. The summed E-state index contributed by atoms with van der Waals surface area (Å²) in [5, 5.41) is 15.8. The van der Waals surface area contributed by atoms with Gasteiger partial charge in [0.05, 0.1) is 27.0 Å². The van der Waals surface area contributed by atoms with E-state index in [2.05, 4.69) is 15.2 Å². The lowest BCUT2D eigenvalue weighted by molar-refractivity contribution is -0.385. The summed E-state index contributed by atoms with van der Waals surface area (Å²) in [5.74, 6) is 0. The Labute approximate surface area is 183 Å². The van der Waals surface area contributed by atoms with Gasteiger partial charge in [-0.1, -0.05) is 48.0 Å². The molecule has 2 N–H and O–H groups in total. The standard InChI is InChI=1S/C21H17ClN4O4S/c22-17-7-3-4-8-19(17)25-31(29,30)21-13-15(26(27)28)10-12-20(21)24-23-18-11-9-14-5-1-2-6-16(14)18/h1-8,10,12-13,24-25H,9,11H2/b23-18+. The lowest BCUT2D eigenvalue weighted by Crippen LogP contribution is -2.15. The summed E-state index contributed by atoms with van der Waals surface area (Å²) < 4.78 is 28.5. The molecule has 0 amide bonds. The van der Waals surface area contributed by atoms with Gasteiger partial charge in [-0.15, -0.1) is 0 Å². The van der Waals surface area contributed by atoms with Gasteiger partial charge >= 0.3 is 0 Å². The summed E-state index contributed by atoms with van der Waals surface area (Å²) in [6, 6.07) is 17.7. The number of fused-ring (bicyclic) bond motifs is 1. The molecule has 0 unspecified atom stereocenters. The molecule has 0 fully saturated rings. The van der Waals surface area contributed by atoms with Crippen molar-refractivity contribution in [3.8, 4) is 0 Å². The minimum Gasteiger partial charge on any atom is -0.278 e. The molecule has 0 radical (unpaired) electrons. The van der Waals surface area contributed by atoms with Crippen LogP contribution in [0.1, 0.15) is 17.5 Å². The fourth-order valence-corrected chi connectivity index (χ4v) is 4.83. The van der Waals surface area contributed by atoms with Crippen molar-refractivity contribution in [3.05, 3.63) is 93.0 Å². The Morgan fingerprint density at radius 2 is 1.71 bits per heavy atom. The highest BCUT2D eigenvalue weighted by Gasteiger charge is 2.24. The highest BCUT2D eigenvalue weighted by molar-refractivity contribution is 7.93. The molecule has 0 spiro atoms. The summed E-state index contributed by atoms with van der Waals surface area (Å²) in [5.41, 5.74) is 5.65. The van der Waals surface area contributed by atoms with Gasteiger partial charge in [0.25, 0.3) is 15.7 Å². The van der Waals surface area contributed by atoms with Gasteiger partial charge in [0.15, 0.2) is 0 Å². The maximum absolute atomic E-state index is 13.1. The quantitative estimate of drug-likeness (QED) is 0.408. The molecule has 3 aromatic rings. The lowest BCUT2D eigenvalue weighted by atomic mass is 10.1. The van der Waals surface area contributed by atoms with E-state index < -0.39 is 14.9 Å². The second kappa shape index (κ2) is 8.37. The Bertz CT molecular complexity index is 1310. The fraction of sp³-hybridized carbons (Fsp3) is 0.0952. The molecule has 158 valence electrons. The van der Waals surface area contributed by atoms with E-state index in [1.165, 1.54) is 29.8 Å². The van der Waals surface area contributed by atoms with Gasteiger partial charge in [-0.2, -0.15) is 5.10 Å². The van der Waals surface area contributed by atoms with Crippen LogP contribution in [0.3, 0.4) is 0 Å². The number of rotatable bonds is 6. The van der Waals surface area contributed by atoms with Crippen molar-refractivity contribution >= 4 is 44.4 Å². The van der Waals surface area contributed by atoms with E-state index in [1.807, 2.05) is 24.3 Å². The third-order valence-electron chi connectivity index (χ3n) is 4.85. The Balaban J connectivity index is 1.71. The van der Waals surface area contributed by atoms with Gasteiger partial charge in [0, 0.05) is 17.7 Å². The highest BCUT2D eigenvalue weighted by Crippen LogP contribution is 2.31. The van der Waals surface area contributed by atoms with Crippen LogP contribution < -0.4 is 10.1 Å². The molecule has 8 nitrogen and oxygen atoms in total. The molecule has 0 saturated carbocycles. The van der Waals surface area contributed by atoms with Gasteiger partial charge in [-0.3, -0.25) is 20.3 Å². The van der Waals surface area contributed by atoms with Crippen molar-refractivity contribution in [1.29, 1.82) is 0 Å². The fourth-order valence-electron chi connectivity index (χ4n) is 3.33. The molecule has 0 aliphatic heterocycles. The zero-order chi connectivity index (χ0) is 22.0. The van der Waals surface area contributed by atoms with E-state index in [9.17, 15) is 18.5 Å². The molecule has 0 aromatic heterocycles. The smallest absolute Gasteiger partial charge is 0.270 e. The summed E-state index contributed by atoms with van der Waals surface area (Å²) in [6.07, 6.45) is 1.55. The Morgan fingerprint density at radius 3 is 2.48 bits per heavy atom. The maximum atomic E-state index is 13.1. The summed E-state index contributed by atoms with van der Waals surface area (Å²) >= 11 is 6.06. The minimum absolute atomic E-state index is 0.113. The number of nitrogens with zero attached hydrogens (tertiary/aromatic N) is 2. The molecule has 1 aliphatic carbocycles. The number of anilines is 2. The zero-order valence-corrected chi connectivity index (χ0v) is 17.7. The Hall–Kier alpha value is -3.43. The monoisotopic (exact) mass is 456 g/mol. The van der Waals surface area contributed by atoms with Crippen LogP contribution >= 0.6 is 11.6 Å². The molecule has 10 heteroatoms. The van der Waals surface area contributed by atoms with Crippen LogP contribution in [0.25, 0.3) is 0 Å². The number of nitrogens with one attached hydrogen (secondary N) is 2. The number of hydrogen-bond donors (Lipinski definition) is 2. The first-order chi connectivity index (χ1) is 14.8. The second-order valence-electron chi connectivity index (χ2n) is 6.85. The topological polar surface area (TPSA) is 114 Å². The van der Waals surface area contributed by atoms with Gasteiger partial charge < -0.3 is 0 Å². The third kappa shape index (κ3) is 4.37. The van der Waals surface area contributed by atoms with Gasteiger partial charge in [0.1, 0.15) is 4.90 Å². The van der Waals surface area contributed by atoms with Crippen LogP contribution in [-0.4, -0.2) is 19.1 Å². The predicted molar refractivity (Wildman–Crippen MR) is 120 cm³/mol. The van der Waals surface area contributed by atoms with Crippen molar-refractivity contribution in [3.63, 3.8) is 0 Å². The second-order valence-corrected chi connectivity index (χ2v) is 8.91. The first-order valence-corrected chi connectivity index (χ1v) is 11.2. The van der Waals surface area contributed by atoms with Crippen LogP contribution in [0.15, 0.2) is 76.7 Å². The van der Waals surface area contributed by atoms with E-state index in [0.29, 0.717) is 6.42 Å². The van der Waals surface area contributed by atoms with Crippen molar-refractivity contribution in [2.45, 2.75) is 17.7 Å². The molecular weight excluding hydrogens is 440 g/mol. The average Bonchev–Trinajstić information content (AvgIpc) is 3.17. The number of sulfonamides is 1. The number of non-ortho nitro benzene ring substituents is 1. The van der Waals surface area contributed by atoms with Crippen LogP contribution in [0.5, 0.6) is 0 Å². The average molecular weight is 457 g/mol. The molecule has 4 rings (SSSR count). The van der Waals surface area contributed by atoms with Crippen LogP contribution in [0.2, 0.25) is 5.02 Å². The molecule has 3 aromatic carbocycles. The number of nitro groups is 1. The summed E-state index contributed by atoms with van der Waals surface area (Å²) in [7, 11) is -4.20. The van der Waals surface area contributed by atoms with Gasteiger partial charge in [-0.05, 0) is 36.6 Å². The van der Waals surface area contributed by atoms with Crippen LogP contribution in [0.4, 0.5) is 17.1 Å². The number of nitro benzene ring substituents is 1. The Kier molecular flexibility index (Phi) is 5.62. The largest absolute Gasteiger partial charge is 0.278 e. The van der Waals surface area contributed by atoms with E-state index in [0.717, 1.165) is 23.8 Å². The molecule has 0 heterocycles. The van der Waals surface area contributed by atoms with Crippen LogP contribution in [0, 0.1) is 10.1 Å². The molecule has 0 saturated heterocycles. The molecule has 0 bridgehead atoms. The number of para-hydroxylation sites is 1. The summed E-state index contributed by atoms with van der Waals surface area (Å²) in [4.78, 5) is 10.3. The normalized spacial score (nSPS) is 14.3. The molecule has 0 atom stereocenters. The van der Waals surface area contributed by atoms with Crippen molar-refractivity contribution in [2.75, 3.05) is 10.1 Å². The Morgan fingerprint density at radius 1 is 0.968 bits per heavy atom. The molecule has 1 aliphatic rings. The summed E-state index contributed by atoms with van der Waals surface area (Å²) in [6.45, 7) is 0.